The third-order valence-corrected chi connectivity index (χ3v) is 4.76. The van der Waals surface area contributed by atoms with Crippen LogP contribution in [0.2, 0.25) is 0 Å². The summed E-state index contributed by atoms with van der Waals surface area (Å²) in [5, 5.41) is 6.92. The van der Waals surface area contributed by atoms with E-state index in [1.54, 1.807) is 47.3 Å². The topological polar surface area (TPSA) is 46.0 Å². The average Bonchev–Trinajstić information content (AvgIpc) is 3.34. The van der Waals surface area contributed by atoms with Gasteiger partial charge in [-0.1, -0.05) is 12.1 Å². The molecule has 142 valence electrons. The minimum Gasteiger partial charge on any atom is -0.299 e. The maximum Gasteiger partial charge on any atom is 0.137 e. The van der Waals surface area contributed by atoms with Crippen LogP contribution >= 0.6 is 0 Å². The molecule has 0 aliphatic heterocycles. The average molecular weight is 390 g/mol. The van der Waals surface area contributed by atoms with Crippen molar-refractivity contribution in [1.29, 1.82) is 0 Å². The molecule has 29 heavy (non-hydrogen) atoms. The van der Waals surface area contributed by atoms with Gasteiger partial charge in [-0.15, -0.1) is 0 Å². The number of imidazole rings is 1. The van der Waals surface area contributed by atoms with E-state index in [4.69, 9.17) is 0 Å². The molecule has 0 aliphatic rings. The summed E-state index contributed by atoms with van der Waals surface area (Å²) < 4.78 is 43.4. The van der Waals surface area contributed by atoms with Gasteiger partial charge in [-0.25, -0.2) is 18.2 Å². The van der Waals surface area contributed by atoms with Crippen molar-refractivity contribution in [3.8, 4) is 33.6 Å². The molecule has 2 aromatic carbocycles. The first-order valence-corrected chi connectivity index (χ1v) is 8.82. The Labute approximate surface area is 163 Å². The van der Waals surface area contributed by atoms with Gasteiger partial charge in [0.15, 0.2) is 0 Å². The van der Waals surface area contributed by atoms with Gasteiger partial charge in [-0.05, 0) is 36.4 Å². The van der Waals surface area contributed by atoms with Gasteiger partial charge >= 0.3 is 0 Å². The van der Waals surface area contributed by atoms with E-state index < -0.39 is 11.6 Å². The number of nitrogens with one attached hydrogen (secondary N) is 1. The van der Waals surface area contributed by atoms with Crippen LogP contribution in [0.15, 0.2) is 73.2 Å². The molecule has 0 atom stereocenters. The SMILES string of the molecule is Fc1cc(F)cc(-c2cnc3ccc(-c4cn[nH]c4-c4ccccc4F)cn23)c1. The van der Waals surface area contributed by atoms with E-state index in [1.165, 1.54) is 18.2 Å². The predicted octanol–water partition coefficient (Wildman–Crippen LogP) is 5.48. The number of rotatable bonds is 3. The summed E-state index contributed by atoms with van der Waals surface area (Å²) in [6, 6.07) is 13.4. The van der Waals surface area contributed by atoms with Crippen molar-refractivity contribution in [2.75, 3.05) is 0 Å². The highest BCUT2D eigenvalue weighted by Crippen LogP contribution is 2.32. The maximum atomic E-state index is 14.3. The van der Waals surface area contributed by atoms with Gasteiger partial charge in [0.25, 0.3) is 0 Å². The van der Waals surface area contributed by atoms with Crippen molar-refractivity contribution in [2.45, 2.75) is 0 Å². The summed E-state index contributed by atoms with van der Waals surface area (Å²) in [6.45, 7) is 0. The van der Waals surface area contributed by atoms with Gasteiger partial charge in [0.05, 0.1) is 23.8 Å². The van der Waals surface area contributed by atoms with Crippen LogP contribution in [0.4, 0.5) is 13.2 Å². The molecule has 1 N–H and O–H groups in total. The van der Waals surface area contributed by atoms with Gasteiger partial charge in [0.2, 0.25) is 0 Å². The van der Waals surface area contributed by atoms with Crippen LogP contribution in [-0.4, -0.2) is 19.6 Å². The number of pyridine rings is 1. The number of aromatic nitrogens is 4. The highest BCUT2D eigenvalue weighted by molar-refractivity contribution is 5.81. The standard InChI is InChI=1S/C22H13F3N4/c23-15-7-14(8-16(24)9-15)20-11-26-21-6-5-13(12-29(20)21)18-10-27-28-22(18)17-3-1-2-4-19(17)25/h1-12H,(H,27,28). The number of benzene rings is 2. The van der Waals surface area contributed by atoms with Crippen LogP contribution in [-0.2, 0) is 0 Å². The molecule has 0 fully saturated rings. The first-order chi connectivity index (χ1) is 14.1. The minimum atomic E-state index is -0.664. The lowest BCUT2D eigenvalue weighted by molar-refractivity contribution is 0.584. The zero-order valence-electron chi connectivity index (χ0n) is 14.9. The van der Waals surface area contributed by atoms with Gasteiger partial charge in [0.1, 0.15) is 23.1 Å². The Morgan fingerprint density at radius 1 is 0.793 bits per heavy atom. The van der Waals surface area contributed by atoms with Crippen molar-refractivity contribution in [3.63, 3.8) is 0 Å². The Kier molecular flexibility index (Phi) is 3.94. The predicted molar refractivity (Wildman–Crippen MR) is 104 cm³/mol. The van der Waals surface area contributed by atoms with E-state index in [9.17, 15) is 13.2 Å². The highest BCUT2D eigenvalue weighted by Gasteiger charge is 2.15. The minimum absolute atomic E-state index is 0.363. The van der Waals surface area contributed by atoms with Crippen LogP contribution in [0.1, 0.15) is 0 Å². The summed E-state index contributed by atoms with van der Waals surface area (Å²) in [5.41, 5.74) is 3.91. The summed E-state index contributed by atoms with van der Waals surface area (Å²) in [4.78, 5) is 4.31. The summed E-state index contributed by atoms with van der Waals surface area (Å²) >= 11 is 0. The smallest absolute Gasteiger partial charge is 0.137 e. The second-order valence-electron chi connectivity index (χ2n) is 6.59. The highest BCUT2D eigenvalue weighted by atomic mass is 19.1. The van der Waals surface area contributed by atoms with Crippen LogP contribution in [0.5, 0.6) is 0 Å². The lowest BCUT2D eigenvalue weighted by Crippen LogP contribution is -1.92. The lowest BCUT2D eigenvalue weighted by Gasteiger charge is -2.08. The number of halogens is 3. The van der Waals surface area contributed by atoms with Gasteiger partial charge in [-0.3, -0.25) is 9.50 Å². The Balaban J connectivity index is 1.67. The third kappa shape index (κ3) is 2.97. The molecule has 5 rings (SSSR count). The quantitative estimate of drug-likeness (QED) is 0.444. The second-order valence-corrected chi connectivity index (χ2v) is 6.59. The van der Waals surface area contributed by atoms with E-state index in [2.05, 4.69) is 15.2 Å². The van der Waals surface area contributed by atoms with Crippen LogP contribution in [0.25, 0.3) is 39.3 Å². The number of nitrogens with zero attached hydrogens (tertiary/aromatic N) is 3. The molecular weight excluding hydrogens is 377 g/mol. The largest absolute Gasteiger partial charge is 0.299 e. The van der Waals surface area contributed by atoms with Crippen LogP contribution in [0, 0.1) is 17.5 Å². The molecule has 3 heterocycles. The Morgan fingerprint density at radius 3 is 2.38 bits per heavy atom. The Morgan fingerprint density at radius 2 is 1.59 bits per heavy atom. The van der Waals surface area contributed by atoms with E-state index in [-0.39, 0.29) is 5.82 Å². The molecule has 0 bridgehead atoms. The molecule has 7 heteroatoms. The summed E-state index contributed by atoms with van der Waals surface area (Å²) in [7, 11) is 0. The lowest BCUT2D eigenvalue weighted by atomic mass is 10.0. The summed E-state index contributed by atoms with van der Waals surface area (Å²) in [6.07, 6.45) is 4.96. The van der Waals surface area contributed by atoms with E-state index in [0.29, 0.717) is 33.7 Å². The van der Waals surface area contributed by atoms with E-state index in [0.717, 1.165) is 11.6 Å². The van der Waals surface area contributed by atoms with Gasteiger partial charge in [-0.2, -0.15) is 5.10 Å². The Hall–Kier alpha value is -3.87. The van der Waals surface area contributed by atoms with E-state index >= 15 is 0 Å². The normalized spacial score (nSPS) is 11.3. The molecule has 0 radical (unpaired) electrons. The van der Waals surface area contributed by atoms with Crippen LogP contribution in [0.3, 0.4) is 0 Å². The molecule has 0 aliphatic carbocycles. The second kappa shape index (κ2) is 6.63. The molecule has 0 saturated heterocycles. The van der Waals surface area contributed by atoms with Crippen molar-refractivity contribution in [2.24, 2.45) is 0 Å². The van der Waals surface area contributed by atoms with E-state index in [1.807, 2.05) is 6.07 Å². The zero-order valence-corrected chi connectivity index (χ0v) is 14.9. The first-order valence-electron chi connectivity index (χ1n) is 8.82. The van der Waals surface area contributed by atoms with Gasteiger partial charge < -0.3 is 0 Å². The number of aromatic amines is 1. The first kappa shape index (κ1) is 17.2. The maximum absolute atomic E-state index is 14.3. The fraction of sp³-hybridized carbons (Fsp3) is 0. The molecule has 0 amide bonds. The van der Waals surface area contributed by atoms with Crippen molar-refractivity contribution in [1.82, 2.24) is 19.6 Å². The van der Waals surface area contributed by atoms with Crippen molar-refractivity contribution < 1.29 is 13.2 Å². The van der Waals surface area contributed by atoms with Crippen molar-refractivity contribution in [3.05, 3.63) is 90.6 Å². The number of hydrogen-bond acceptors (Lipinski definition) is 2. The molecular formula is C22H13F3N4. The third-order valence-electron chi connectivity index (χ3n) is 4.76. The number of fused-ring (bicyclic) bond motifs is 1. The fourth-order valence-corrected chi connectivity index (χ4v) is 3.43. The van der Waals surface area contributed by atoms with Crippen LogP contribution < -0.4 is 0 Å². The number of H-pyrrole nitrogens is 1. The number of hydrogen-bond donors (Lipinski definition) is 1. The molecule has 4 nitrogen and oxygen atoms in total. The van der Waals surface area contributed by atoms with Gasteiger partial charge in [0, 0.05) is 34.5 Å². The molecule has 0 unspecified atom stereocenters. The monoisotopic (exact) mass is 390 g/mol. The molecule has 0 saturated carbocycles. The van der Waals surface area contributed by atoms with Crippen molar-refractivity contribution >= 4 is 5.65 Å². The fourth-order valence-electron chi connectivity index (χ4n) is 3.43. The Bertz CT molecular complexity index is 1330. The summed E-state index contributed by atoms with van der Waals surface area (Å²) in [5.74, 6) is -1.69. The molecule has 5 aromatic rings. The molecule has 0 spiro atoms. The molecule has 3 aromatic heterocycles. The zero-order chi connectivity index (χ0) is 20.0.